The number of anilines is 1. The first-order chi connectivity index (χ1) is 15.6. The molecule has 0 spiro atoms. The van der Waals surface area contributed by atoms with Crippen molar-refractivity contribution in [3.8, 4) is 0 Å². The highest BCUT2D eigenvalue weighted by Gasteiger charge is 2.26. The third kappa shape index (κ3) is 5.21. The number of rotatable bonds is 6. The standard InChI is InChI=1S/C26H28N4O2/c1-2-19-9-11-23(12-10-19)29-26(32)25(31)28-17-24(21-8-5-14-27-16-21)30-15-13-20-6-3-4-7-22(20)18-30/h3-12,14,16,24H,2,13,15,17-18H2,1H3,(H,28,31)(H,29,32)/t24-/m0/s1. The molecule has 164 valence electrons. The number of aromatic nitrogens is 1. The molecule has 32 heavy (non-hydrogen) atoms. The molecule has 0 bridgehead atoms. The average Bonchev–Trinajstić information content (AvgIpc) is 2.85. The fraction of sp³-hybridized carbons (Fsp3) is 0.269. The van der Waals surface area contributed by atoms with E-state index in [4.69, 9.17) is 0 Å². The Balaban J connectivity index is 1.42. The summed E-state index contributed by atoms with van der Waals surface area (Å²) in [5.41, 5.74) is 5.47. The van der Waals surface area contributed by atoms with Crippen LogP contribution in [-0.4, -0.2) is 34.8 Å². The van der Waals surface area contributed by atoms with Crippen LogP contribution in [0.5, 0.6) is 0 Å². The van der Waals surface area contributed by atoms with Crippen LogP contribution in [-0.2, 0) is 29.0 Å². The van der Waals surface area contributed by atoms with Crippen molar-refractivity contribution >= 4 is 17.5 Å². The number of hydrogen-bond donors (Lipinski definition) is 2. The Morgan fingerprint density at radius 3 is 2.50 bits per heavy atom. The van der Waals surface area contributed by atoms with Crippen molar-refractivity contribution in [3.05, 3.63) is 95.3 Å². The second-order valence-electron chi connectivity index (χ2n) is 8.01. The number of benzene rings is 2. The second-order valence-corrected chi connectivity index (χ2v) is 8.01. The zero-order chi connectivity index (χ0) is 22.3. The van der Waals surface area contributed by atoms with E-state index in [0.717, 1.165) is 31.5 Å². The van der Waals surface area contributed by atoms with E-state index >= 15 is 0 Å². The summed E-state index contributed by atoms with van der Waals surface area (Å²) >= 11 is 0. The maximum atomic E-state index is 12.5. The predicted molar refractivity (Wildman–Crippen MR) is 125 cm³/mol. The zero-order valence-electron chi connectivity index (χ0n) is 18.3. The Kier molecular flexibility index (Phi) is 6.92. The number of nitrogens with one attached hydrogen (secondary N) is 2. The smallest absolute Gasteiger partial charge is 0.313 e. The lowest BCUT2D eigenvalue weighted by molar-refractivity contribution is -0.136. The maximum absolute atomic E-state index is 12.5. The minimum Gasteiger partial charge on any atom is -0.346 e. The Bertz CT molecular complexity index is 1070. The maximum Gasteiger partial charge on any atom is 0.313 e. The van der Waals surface area contributed by atoms with Crippen molar-refractivity contribution in [1.29, 1.82) is 0 Å². The van der Waals surface area contributed by atoms with Gasteiger partial charge < -0.3 is 10.6 Å². The van der Waals surface area contributed by atoms with Gasteiger partial charge in [0, 0.05) is 37.7 Å². The van der Waals surface area contributed by atoms with E-state index in [1.54, 1.807) is 6.20 Å². The van der Waals surface area contributed by atoms with E-state index in [-0.39, 0.29) is 6.04 Å². The van der Waals surface area contributed by atoms with Crippen molar-refractivity contribution in [3.63, 3.8) is 0 Å². The van der Waals surface area contributed by atoms with Crippen molar-refractivity contribution in [2.75, 3.05) is 18.4 Å². The number of carbonyl (C=O) groups excluding carboxylic acids is 2. The summed E-state index contributed by atoms with van der Waals surface area (Å²) < 4.78 is 0. The molecule has 2 aromatic carbocycles. The van der Waals surface area contributed by atoms with Crippen LogP contribution in [0.4, 0.5) is 5.69 Å². The lowest BCUT2D eigenvalue weighted by Gasteiger charge is -2.35. The molecule has 0 radical (unpaired) electrons. The van der Waals surface area contributed by atoms with E-state index in [1.807, 2.05) is 42.6 Å². The zero-order valence-corrected chi connectivity index (χ0v) is 18.3. The molecule has 0 saturated heterocycles. The number of nitrogens with zero attached hydrogens (tertiary/aromatic N) is 2. The molecular weight excluding hydrogens is 400 g/mol. The third-order valence-corrected chi connectivity index (χ3v) is 5.95. The molecule has 1 atom stereocenters. The molecule has 2 amide bonds. The number of aryl methyl sites for hydroxylation is 1. The fourth-order valence-corrected chi connectivity index (χ4v) is 4.10. The second kappa shape index (κ2) is 10.2. The van der Waals surface area contributed by atoms with E-state index in [2.05, 4.69) is 51.7 Å². The van der Waals surface area contributed by atoms with Crippen molar-refractivity contribution in [2.45, 2.75) is 32.4 Å². The van der Waals surface area contributed by atoms with E-state index in [9.17, 15) is 9.59 Å². The van der Waals surface area contributed by atoms with Gasteiger partial charge in [-0.15, -0.1) is 0 Å². The molecule has 2 heterocycles. The van der Waals surface area contributed by atoms with E-state index < -0.39 is 11.8 Å². The van der Waals surface area contributed by atoms with Crippen LogP contribution in [0.2, 0.25) is 0 Å². The van der Waals surface area contributed by atoms with Gasteiger partial charge in [0.2, 0.25) is 0 Å². The van der Waals surface area contributed by atoms with E-state index in [1.165, 1.54) is 16.7 Å². The van der Waals surface area contributed by atoms with Gasteiger partial charge in [-0.1, -0.05) is 49.4 Å². The summed E-state index contributed by atoms with van der Waals surface area (Å²) in [6.07, 6.45) is 5.44. The van der Waals surface area contributed by atoms with Gasteiger partial charge in [0.05, 0.1) is 6.04 Å². The number of amides is 2. The quantitative estimate of drug-likeness (QED) is 0.590. The lowest BCUT2D eigenvalue weighted by atomic mass is 9.97. The van der Waals surface area contributed by atoms with Crippen molar-refractivity contribution in [2.24, 2.45) is 0 Å². The molecule has 1 aromatic heterocycles. The molecular formula is C26H28N4O2. The lowest BCUT2D eigenvalue weighted by Crippen LogP contribution is -2.43. The first kappa shape index (κ1) is 21.7. The molecule has 1 aliphatic rings. The van der Waals surface area contributed by atoms with Crippen LogP contribution < -0.4 is 10.6 Å². The van der Waals surface area contributed by atoms with Gasteiger partial charge in [-0.2, -0.15) is 0 Å². The Morgan fingerprint density at radius 2 is 1.78 bits per heavy atom. The average molecular weight is 429 g/mol. The monoisotopic (exact) mass is 428 g/mol. The Hall–Kier alpha value is -3.51. The molecule has 2 N–H and O–H groups in total. The van der Waals surface area contributed by atoms with Gasteiger partial charge >= 0.3 is 11.8 Å². The highest BCUT2D eigenvalue weighted by atomic mass is 16.2. The summed E-state index contributed by atoms with van der Waals surface area (Å²) in [5, 5.41) is 5.50. The fourth-order valence-electron chi connectivity index (χ4n) is 4.10. The van der Waals surface area contributed by atoms with Gasteiger partial charge in [0.25, 0.3) is 0 Å². The van der Waals surface area contributed by atoms with Gasteiger partial charge in [-0.3, -0.25) is 19.5 Å². The largest absolute Gasteiger partial charge is 0.346 e. The number of hydrogen-bond acceptors (Lipinski definition) is 4. The summed E-state index contributed by atoms with van der Waals surface area (Å²) in [5.74, 6) is -1.31. The normalized spacial score (nSPS) is 14.3. The summed E-state index contributed by atoms with van der Waals surface area (Å²) in [6.45, 7) is 4.07. The Labute approximate surface area is 188 Å². The Morgan fingerprint density at radius 1 is 1.00 bits per heavy atom. The van der Waals surface area contributed by atoms with Crippen LogP contribution in [0.25, 0.3) is 0 Å². The molecule has 6 heteroatoms. The van der Waals surface area contributed by atoms with Crippen LogP contribution in [0.3, 0.4) is 0 Å². The number of carbonyl (C=O) groups is 2. The molecule has 0 aliphatic carbocycles. The topological polar surface area (TPSA) is 74.3 Å². The molecule has 0 saturated carbocycles. The van der Waals surface area contributed by atoms with Gasteiger partial charge in [-0.05, 0) is 53.3 Å². The summed E-state index contributed by atoms with van der Waals surface area (Å²) in [7, 11) is 0. The highest BCUT2D eigenvalue weighted by Crippen LogP contribution is 2.27. The molecule has 6 nitrogen and oxygen atoms in total. The van der Waals surface area contributed by atoms with Crippen LogP contribution >= 0.6 is 0 Å². The predicted octanol–water partition coefficient (Wildman–Crippen LogP) is 3.50. The summed E-state index contributed by atoms with van der Waals surface area (Å²) in [6, 6.07) is 19.8. The minimum atomic E-state index is -0.664. The van der Waals surface area contributed by atoms with Crippen molar-refractivity contribution < 1.29 is 9.59 Å². The molecule has 0 unspecified atom stereocenters. The van der Waals surface area contributed by atoms with Gasteiger partial charge in [-0.25, -0.2) is 0 Å². The van der Waals surface area contributed by atoms with Crippen LogP contribution in [0.15, 0.2) is 73.1 Å². The first-order valence-corrected chi connectivity index (χ1v) is 11.0. The number of fused-ring (bicyclic) bond motifs is 1. The summed E-state index contributed by atoms with van der Waals surface area (Å²) in [4.78, 5) is 31.5. The molecule has 0 fully saturated rings. The minimum absolute atomic E-state index is 0.0716. The number of pyridine rings is 1. The highest BCUT2D eigenvalue weighted by molar-refractivity contribution is 6.39. The van der Waals surface area contributed by atoms with Gasteiger partial charge in [0.15, 0.2) is 0 Å². The van der Waals surface area contributed by atoms with E-state index in [0.29, 0.717) is 12.2 Å². The van der Waals surface area contributed by atoms with Crippen molar-refractivity contribution in [1.82, 2.24) is 15.2 Å². The molecule has 3 aromatic rings. The molecule has 4 rings (SSSR count). The third-order valence-electron chi connectivity index (χ3n) is 5.95. The van der Waals surface area contributed by atoms with Crippen LogP contribution in [0.1, 0.15) is 35.2 Å². The van der Waals surface area contributed by atoms with Crippen LogP contribution in [0, 0.1) is 0 Å². The van der Waals surface area contributed by atoms with Gasteiger partial charge in [0.1, 0.15) is 0 Å². The first-order valence-electron chi connectivity index (χ1n) is 11.0. The SMILES string of the molecule is CCc1ccc(NC(=O)C(=O)NC[C@@H](c2cccnc2)N2CCc3ccccc3C2)cc1. The molecule has 1 aliphatic heterocycles.